The Morgan fingerprint density at radius 1 is 0.421 bits per heavy atom. The third kappa shape index (κ3) is 39.7. The zero-order chi connectivity index (χ0) is 41.7. The van der Waals surface area contributed by atoms with E-state index in [1.165, 1.54) is 173 Å². The zero-order valence-corrected chi connectivity index (χ0v) is 37.8. The summed E-state index contributed by atoms with van der Waals surface area (Å²) in [6.07, 6.45) is 55.1. The third-order valence-corrected chi connectivity index (χ3v) is 11.5. The zero-order valence-electron chi connectivity index (χ0n) is 37.8. The maximum absolute atomic E-state index is 12.5. The van der Waals surface area contributed by atoms with Crippen LogP contribution in [0.5, 0.6) is 0 Å². The van der Waals surface area contributed by atoms with Gasteiger partial charge in [-0.05, 0) is 70.6 Å². The van der Waals surface area contributed by atoms with E-state index in [9.17, 15) is 25.2 Å². The number of aliphatic hydroxyl groups is 4. The van der Waals surface area contributed by atoms with Crippen LogP contribution in [0.15, 0.2) is 36.5 Å². The third-order valence-electron chi connectivity index (χ3n) is 11.5. The molecular weight excluding hydrogens is 707 g/mol. The molecule has 5 N–H and O–H groups in total. The van der Waals surface area contributed by atoms with Crippen LogP contribution in [0.2, 0.25) is 0 Å². The van der Waals surface area contributed by atoms with Crippen LogP contribution in [-0.4, -0.2) is 57.3 Å². The standard InChI is InChI=1S/C51H97NO5/c1-3-5-7-9-11-13-15-16-17-18-19-20-21-22-23-24-25-26-27-28-29-30-31-32-33-34-35-37-39-41-43-45-49(55)51(57)52-47(46-53)50(56)48(54)44-42-40-38-36-14-12-10-8-6-4-2/h8,10,22-23,36,38,47-50,53-56H,3-7,9,11-21,24-35,37,39-46H2,1-2H3,(H,52,57)/b10-8+,23-22-,38-36+. The van der Waals surface area contributed by atoms with Gasteiger partial charge in [0.05, 0.1) is 18.8 Å². The van der Waals surface area contributed by atoms with E-state index in [0.29, 0.717) is 19.3 Å². The number of hydrogen-bond donors (Lipinski definition) is 5. The molecule has 336 valence electrons. The molecule has 0 aromatic heterocycles. The fraction of sp³-hybridized carbons (Fsp3) is 0.863. The van der Waals surface area contributed by atoms with Gasteiger partial charge in [0, 0.05) is 0 Å². The second-order valence-corrected chi connectivity index (χ2v) is 17.1. The molecule has 0 rings (SSSR count). The molecular formula is C51H97NO5. The highest BCUT2D eigenvalue weighted by molar-refractivity contribution is 5.80. The summed E-state index contributed by atoms with van der Waals surface area (Å²) >= 11 is 0. The Morgan fingerprint density at radius 2 is 0.772 bits per heavy atom. The lowest BCUT2D eigenvalue weighted by Crippen LogP contribution is -2.53. The van der Waals surface area contributed by atoms with E-state index in [0.717, 1.165) is 44.9 Å². The number of carbonyl (C=O) groups is 1. The van der Waals surface area contributed by atoms with Gasteiger partial charge >= 0.3 is 0 Å². The SMILES string of the molecule is CCC/C=C/CC/C=C/CCCC(O)C(O)C(CO)NC(=O)C(O)CCCCCCCCCCCCCCCCC/C=C\CCCCCCCCCCCCCC. The summed E-state index contributed by atoms with van der Waals surface area (Å²) in [6, 6.07) is -1.01. The second-order valence-electron chi connectivity index (χ2n) is 17.1. The van der Waals surface area contributed by atoms with Crippen LogP contribution in [0.25, 0.3) is 0 Å². The molecule has 0 saturated carbocycles. The van der Waals surface area contributed by atoms with E-state index in [2.05, 4.69) is 55.6 Å². The van der Waals surface area contributed by atoms with Gasteiger partial charge in [-0.1, -0.05) is 217 Å². The molecule has 0 heterocycles. The van der Waals surface area contributed by atoms with Gasteiger partial charge in [0.25, 0.3) is 0 Å². The number of rotatable bonds is 45. The average molecular weight is 804 g/mol. The van der Waals surface area contributed by atoms with E-state index < -0.39 is 36.9 Å². The van der Waals surface area contributed by atoms with Gasteiger partial charge in [0.15, 0.2) is 0 Å². The number of hydrogen-bond acceptors (Lipinski definition) is 5. The smallest absolute Gasteiger partial charge is 0.249 e. The summed E-state index contributed by atoms with van der Waals surface area (Å²) in [5.74, 6) is -0.598. The first-order chi connectivity index (χ1) is 28.0. The molecule has 0 aliphatic rings. The Hall–Kier alpha value is -1.47. The number of carbonyl (C=O) groups excluding carboxylic acids is 1. The van der Waals surface area contributed by atoms with E-state index in [-0.39, 0.29) is 0 Å². The summed E-state index contributed by atoms with van der Waals surface area (Å²) < 4.78 is 0. The summed E-state index contributed by atoms with van der Waals surface area (Å²) in [5, 5.41) is 43.5. The average Bonchev–Trinajstić information content (AvgIpc) is 3.22. The second kappa shape index (κ2) is 45.6. The Morgan fingerprint density at radius 3 is 1.18 bits per heavy atom. The van der Waals surface area contributed by atoms with E-state index >= 15 is 0 Å². The lowest BCUT2D eigenvalue weighted by Gasteiger charge is -2.27. The van der Waals surface area contributed by atoms with Crippen LogP contribution in [0, 0.1) is 0 Å². The van der Waals surface area contributed by atoms with Crippen molar-refractivity contribution in [2.75, 3.05) is 6.61 Å². The Labute approximate surface area is 354 Å². The topological polar surface area (TPSA) is 110 Å². The molecule has 6 nitrogen and oxygen atoms in total. The molecule has 6 heteroatoms. The summed E-state index contributed by atoms with van der Waals surface area (Å²) in [5.41, 5.74) is 0. The monoisotopic (exact) mass is 804 g/mol. The van der Waals surface area contributed by atoms with Crippen molar-refractivity contribution in [3.63, 3.8) is 0 Å². The van der Waals surface area contributed by atoms with Gasteiger partial charge in [-0.3, -0.25) is 4.79 Å². The first-order valence-electron chi connectivity index (χ1n) is 24.9. The highest BCUT2D eigenvalue weighted by atomic mass is 16.3. The lowest BCUT2D eigenvalue weighted by atomic mass is 10.00. The van der Waals surface area contributed by atoms with Gasteiger partial charge in [-0.2, -0.15) is 0 Å². The molecule has 1 amide bonds. The van der Waals surface area contributed by atoms with Crippen molar-refractivity contribution in [1.82, 2.24) is 5.32 Å². The highest BCUT2D eigenvalue weighted by Crippen LogP contribution is 2.16. The molecule has 0 bridgehead atoms. The molecule has 0 saturated heterocycles. The van der Waals surface area contributed by atoms with E-state index in [4.69, 9.17) is 0 Å². The van der Waals surface area contributed by atoms with E-state index in [1.807, 2.05) is 0 Å². The fourth-order valence-corrected chi connectivity index (χ4v) is 7.60. The normalized spacial score (nSPS) is 14.3. The number of nitrogens with one attached hydrogen (secondary N) is 1. The molecule has 0 aliphatic carbocycles. The Kier molecular flexibility index (Phi) is 44.4. The van der Waals surface area contributed by atoms with Crippen LogP contribution in [0.3, 0.4) is 0 Å². The van der Waals surface area contributed by atoms with Crippen LogP contribution in [0.1, 0.15) is 251 Å². The van der Waals surface area contributed by atoms with Crippen LogP contribution >= 0.6 is 0 Å². The first-order valence-corrected chi connectivity index (χ1v) is 24.9. The van der Waals surface area contributed by atoms with Gasteiger partial charge < -0.3 is 25.7 Å². The molecule has 0 aliphatic heterocycles. The summed E-state index contributed by atoms with van der Waals surface area (Å²) in [4.78, 5) is 12.5. The minimum Gasteiger partial charge on any atom is -0.394 e. The number of amides is 1. The van der Waals surface area contributed by atoms with E-state index in [1.54, 1.807) is 0 Å². The molecule has 0 aromatic rings. The molecule has 0 radical (unpaired) electrons. The van der Waals surface area contributed by atoms with Crippen LogP contribution in [-0.2, 0) is 4.79 Å². The quantitative estimate of drug-likeness (QED) is 0.0311. The Balaban J connectivity index is 3.57. The number of aliphatic hydroxyl groups excluding tert-OH is 4. The predicted octanol–water partition coefficient (Wildman–Crippen LogP) is 13.7. The summed E-state index contributed by atoms with van der Waals surface area (Å²) in [7, 11) is 0. The maximum Gasteiger partial charge on any atom is 0.249 e. The minimum atomic E-state index is -1.29. The molecule has 0 spiro atoms. The molecule has 57 heavy (non-hydrogen) atoms. The first kappa shape index (κ1) is 55.5. The van der Waals surface area contributed by atoms with Crippen molar-refractivity contribution in [3.8, 4) is 0 Å². The van der Waals surface area contributed by atoms with Crippen molar-refractivity contribution in [3.05, 3.63) is 36.5 Å². The Bertz CT molecular complexity index is 904. The van der Waals surface area contributed by atoms with Crippen molar-refractivity contribution in [2.45, 2.75) is 276 Å². The van der Waals surface area contributed by atoms with Gasteiger partial charge in [-0.25, -0.2) is 0 Å². The number of allylic oxidation sites excluding steroid dienone is 6. The van der Waals surface area contributed by atoms with Crippen molar-refractivity contribution in [1.29, 1.82) is 0 Å². The van der Waals surface area contributed by atoms with Gasteiger partial charge in [-0.15, -0.1) is 0 Å². The van der Waals surface area contributed by atoms with Crippen molar-refractivity contribution < 1.29 is 25.2 Å². The largest absolute Gasteiger partial charge is 0.394 e. The van der Waals surface area contributed by atoms with Gasteiger partial charge in [0.1, 0.15) is 12.2 Å². The van der Waals surface area contributed by atoms with Crippen molar-refractivity contribution >= 4 is 5.91 Å². The van der Waals surface area contributed by atoms with Crippen molar-refractivity contribution in [2.24, 2.45) is 0 Å². The van der Waals surface area contributed by atoms with Gasteiger partial charge in [0.2, 0.25) is 5.91 Å². The maximum atomic E-state index is 12.5. The molecule has 0 fully saturated rings. The molecule has 4 unspecified atom stereocenters. The highest BCUT2D eigenvalue weighted by Gasteiger charge is 2.28. The predicted molar refractivity (Wildman–Crippen MR) is 247 cm³/mol. The van der Waals surface area contributed by atoms with Crippen LogP contribution in [0.4, 0.5) is 0 Å². The van der Waals surface area contributed by atoms with Crippen LogP contribution < -0.4 is 5.32 Å². The lowest BCUT2D eigenvalue weighted by molar-refractivity contribution is -0.132. The molecule has 4 atom stereocenters. The summed E-state index contributed by atoms with van der Waals surface area (Å²) in [6.45, 7) is 3.96. The fourth-order valence-electron chi connectivity index (χ4n) is 7.60. The molecule has 0 aromatic carbocycles. The number of unbranched alkanes of at least 4 members (excludes halogenated alkanes) is 30. The minimum absolute atomic E-state index is 0.361.